The Morgan fingerprint density at radius 3 is 2.56 bits per heavy atom. The van der Waals surface area contributed by atoms with Gasteiger partial charge >= 0.3 is 0 Å². The molecule has 0 amide bonds. The Balaban J connectivity index is 2.94. The molecule has 0 unspecified atom stereocenters. The van der Waals surface area contributed by atoms with Gasteiger partial charge in [-0.15, -0.1) is 0 Å². The van der Waals surface area contributed by atoms with Crippen molar-refractivity contribution in [1.82, 2.24) is 8.96 Å². The van der Waals surface area contributed by atoms with Crippen LogP contribution in [0.1, 0.15) is 25.5 Å². The molecule has 0 fully saturated rings. The molecule has 3 heteroatoms. The average Bonchev–Trinajstić information content (AvgIpc) is 2.13. The first-order valence-electron chi connectivity index (χ1n) is 2.93. The highest BCUT2D eigenvalue weighted by Gasteiger charge is 2.01. The van der Waals surface area contributed by atoms with E-state index in [9.17, 15) is 0 Å². The molecule has 0 aliphatic heterocycles. The second-order valence-electron chi connectivity index (χ2n) is 2.32. The smallest absolute Gasteiger partial charge is 0.105 e. The van der Waals surface area contributed by atoms with Gasteiger partial charge in [0.15, 0.2) is 0 Å². The van der Waals surface area contributed by atoms with Crippen LogP contribution in [0.25, 0.3) is 0 Å². The van der Waals surface area contributed by atoms with Crippen LogP contribution in [0.15, 0.2) is 12.5 Å². The third kappa shape index (κ3) is 1.27. The monoisotopic (exact) mass is 142 g/mol. The van der Waals surface area contributed by atoms with Gasteiger partial charge in [-0.3, -0.25) is 3.97 Å². The molecule has 0 bridgehead atoms. The van der Waals surface area contributed by atoms with Crippen molar-refractivity contribution in [3.8, 4) is 0 Å². The first kappa shape index (κ1) is 6.68. The summed E-state index contributed by atoms with van der Waals surface area (Å²) in [5.74, 6) is 0.505. The number of rotatable bonds is 1. The highest BCUT2D eigenvalue weighted by atomic mass is 32.1. The minimum atomic E-state index is 0.505. The largest absolute Gasteiger partial charge is 0.279 e. The molecule has 0 aliphatic rings. The Morgan fingerprint density at radius 2 is 2.33 bits per heavy atom. The fourth-order valence-electron chi connectivity index (χ4n) is 0.712. The van der Waals surface area contributed by atoms with Crippen molar-refractivity contribution in [2.75, 3.05) is 0 Å². The Labute approximate surface area is 60.5 Å². The fraction of sp³-hybridized carbons (Fsp3) is 0.500. The zero-order valence-electron chi connectivity index (χ0n) is 5.57. The van der Waals surface area contributed by atoms with Crippen LogP contribution in [0.2, 0.25) is 0 Å². The summed E-state index contributed by atoms with van der Waals surface area (Å²) in [5, 5.41) is 0. The number of imidazole rings is 1. The Hall–Kier alpha value is -0.440. The maximum Gasteiger partial charge on any atom is 0.105 e. The number of nitrogens with zero attached hydrogens (tertiary/aromatic N) is 2. The van der Waals surface area contributed by atoms with Crippen molar-refractivity contribution in [2.45, 2.75) is 19.8 Å². The van der Waals surface area contributed by atoms with Crippen molar-refractivity contribution < 1.29 is 0 Å². The quantitative estimate of drug-likeness (QED) is 0.591. The van der Waals surface area contributed by atoms with Crippen LogP contribution in [-0.4, -0.2) is 8.96 Å². The maximum absolute atomic E-state index is 4.14. The molecule has 0 saturated carbocycles. The molecule has 1 rings (SSSR count). The minimum Gasteiger partial charge on any atom is -0.279 e. The summed E-state index contributed by atoms with van der Waals surface area (Å²) in [6.07, 6.45) is 3.52. The lowest BCUT2D eigenvalue weighted by molar-refractivity contribution is 0.820. The Morgan fingerprint density at radius 1 is 1.67 bits per heavy atom. The molecule has 1 aromatic rings. The van der Waals surface area contributed by atoms with Gasteiger partial charge in [-0.05, 0) is 5.92 Å². The van der Waals surface area contributed by atoms with Gasteiger partial charge in [-0.2, -0.15) is 0 Å². The molecule has 0 atom stereocenters. The van der Waals surface area contributed by atoms with Gasteiger partial charge in [0.1, 0.15) is 6.33 Å². The van der Waals surface area contributed by atoms with Gasteiger partial charge < -0.3 is 0 Å². The summed E-state index contributed by atoms with van der Waals surface area (Å²) in [7, 11) is 0. The number of thiol groups is 1. The molecule has 50 valence electrons. The van der Waals surface area contributed by atoms with E-state index >= 15 is 0 Å². The molecular formula is C6H10N2S. The van der Waals surface area contributed by atoms with Crippen LogP contribution in [0.3, 0.4) is 0 Å². The number of aromatic nitrogens is 2. The van der Waals surface area contributed by atoms with Crippen LogP contribution in [0, 0.1) is 0 Å². The van der Waals surface area contributed by atoms with E-state index in [1.54, 1.807) is 10.3 Å². The van der Waals surface area contributed by atoms with Gasteiger partial charge in [0.05, 0.1) is 5.69 Å². The van der Waals surface area contributed by atoms with E-state index < -0.39 is 0 Å². The van der Waals surface area contributed by atoms with Crippen LogP contribution < -0.4 is 0 Å². The molecule has 0 aromatic carbocycles. The molecule has 0 saturated heterocycles. The van der Waals surface area contributed by atoms with Crippen molar-refractivity contribution in [2.24, 2.45) is 0 Å². The second-order valence-corrected chi connectivity index (χ2v) is 2.75. The van der Waals surface area contributed by atoms with Crippen LogP contribution in [0.4, 0.5) is 0 Å². The lowest BCUT2D eigenvalue weighted by Gasteiger charge is -2.01. The van der Waals surface area contributed by atoms with E-state index in [4.69, 9.17) is 0 Å². The topological polar surface area (TPSA) is 17.8 Å². The molecule has 1 aromatic heterocycles. The lowest BCUT2D eigenvalue weighted by atomic mass is 10.2. The normalized spacial score (nSPS) is 10.7. The van der Waals surface area contributed by atoms with Crippen LogP contribution in [-0.2, 0) is 0 Å². The molecule has 9 heavy (non-hydrogen) atoms. The third-order valence-corrected chi connectivity index (χ3v) is 1.57. The Kier molecular flexibility index (Phi) is 1.81. The van der Waals surface area contributed by atoms with E-state index in [2.05, 4.69) is 31.6 Å². The van der Waals surface area contributed by atoms with E-state index in [1.807, 2.05) is 6.20 Å². The predicted molar refractivity (Wildman–Crippen MR) is 40.7 cm³/mol. The fourth-order valence-corrected chi connectivity index (χ4v) is 1.05. The summed E-state index contributed by atoms with van der Waals surface area (Å²) in [4.78, 5) is 3.93. The van der Waals surface area contributed by atoms with Crippen molar-refractivity contribution in [3.05, 3.63) is 18.2 Å². The maximum atomic E-state index is 4.14. The number of hydrogen-bond donors (Lipinski definition) is 1. The lowest BCUT2D eigenvalue weighted by Crippen LogP contribution is -1.91. The van der Waals surface area contributed by atoms with Gasteiger partial charge in [-0.1, -0.05) is 26.7 Å². The zero-order chi connectivity index (χ0) is 6.85. The highest BCUT2D eigenvalue weighted by Crippen LogP contribution is 2.13. The van der Waals surface area contributed by atoms with Gasteiger partial charge in [0.25, 0.3) is 0 Å². The highest BCUT2D eigenvalue weighted by molar-refractivity contribution is 7.78. The first-order chi connectivity index (χ1) is 4.22. The molecule has 2 nitrogen and oxygen atoms in total. The Bertz CT molecular complexity index is 193. The second kappa shape index (κ2) is 2.43. The minimum absolute atomic E-state index is 0.505. The first-order valence-corrected chi connectivity index (χ1v) is 3.33. The van der Waals surface area contributed by atoms with E-state index in [0.717, 1.165) is 5.69 Å². The molecule has 0 N–H and O–H groups in total. The summed E-state index contributed by atoms with van der Waals surface area (Å²) < 4.78 is 1.74. The molecular weight excluding hydrogens is 132 g/mol. The standard InChI is InChI=1S/C6H10N2S/c1-5(2)6-3-7-4-8(6)9/h3-5,9H,1-2H3. The van der Waals surface area contributed by atoms with Crippen LogP contribution >= 0.6 is 12.8 Å². The SMILES string of the molecule is CC(C)c1cncn1S. The summed E-state index contributed by atoms with van der Waals surface area (Å²) >= 11 is 4.14. The summed E-state index contributed by atoms with van der Waals surface area (Å²) in [6, 6.07) is 0. The molecule has 0 spiro atoms. The van der Waals surface area contributed by atoms with Gasteiger partial charge in [0.2, 0.25) is 0 Å². The van der Waals surface area contributed by atoms with Crippen molar-refractivity contribution >= 4 is 12.8 Å². The van der Waals surface area contributed by atoms with E-state index in [1.165, 1.54) is 0 Å². The third-order valence-electron chi connectivity index (χ3n) is 1.24. The van der Waals surface area contributed by atoms with E-state index in [-0.39, 0.29) is 0 Å². The zero-order valence-corrected chi connectivity index (χ0v) is 6.47. The summed E-state index contributed by atoms with van der Waals surface area (Å²) in [6.45, 7) is 4.23. The predicted octanol–water partition coefficient (Wildman–Crippen LogP) is 1.70. The van der Waals surface area contributed by atoms with Crippen molar-refractivity contribution in [1.29, 1.82) is 0 Å². The molecule has 0 radical (unpaired) electrons. The molecule has 0 aliphatic carbocycles. The number of hydrogen-bond acceptors (Lipinski definition) is 2. The van der Waals surface area contributed by atoms with Crippen LogP contribution in [0.5, 0.6) is 0 Å². The van der Waals surface area contributed by atoms with Gasteiger partial charge in [-0.25, -0.2) is 4.98 Å². The van der Waals surface area contributed by atoms with Gasteiger partial charge in [0, 0.05) is 6.20 Å². The van der Waals surface area contributed by atoms with Crippen molar-refractivity contribution in [3.63, 3.8) is 0 Å². The average molecular weight is 142 g/mol. The van der Waals surface area contributed by atoms with E-state index in [0.29, 0.717) is 5.92 Å². The molecule has 1 heterocycles. The summed E-state index contributed by atoms with van der Waals surface area (Å²) in [5.41, 5.74) is 1.15.